The minimum atomic E-state index is 0.158. The second-order valence-electron chi connectivity index (χ2n) is 7.13. The molecule has 0 saturated heterocycles. The molecule has 1 nitrogen and oxygen atoms in total. The quantitative estimate of drug-likeness (QED) is 0.564. The fourth-order valence-electron chi connectivity index (χ4n) is 2.72. The summed E-state index contributed by atoms with van der Waals surface area (Å²) in [4.78, 5) is 4.50. The third kappa shape index (κ3) is 3.50. The number of pyridine rings is 1. The van der Waals surface area contributed by atoms with Crippen LogP contribution in [0.3, 0.4) is 0 Å². The van der Waals surface area contributed by atoms with Crippen molar-refractivity contribution in [1.82, 2.24) is 4.98 Å². The van der Waals surface area contributed by atoms with Gasteiger partial charge in [-0.3, -0.25) is 4.98 Å². The third-order valence-corrected chi connectivity index (χ3v) is 4.14. The predicted octanol–water partition coefficient (Wildman–Crippen LogP) is 6.02. The van der Waals surface area contributed by atoms with Crippen LogP contribution in [0.15, 0.2) is 66.9 Å². The summed E-state index contributed by atoms with van der Waals surface area (Å²) in [5, 5.41) is 0. The number of benzene rings is 2. The zero-order valence-electron chi connectivity index (χ0n) is 14.3. The summed E-state index contributed by atoms with van der Waals surface area (Å²) in [6, 6.07) is 21.6. The summed E-state index contributed by atoms with van der Waals surface area (Å²) in [5.41, 5.74) is 7.42. The lowest BCUT2D eigenvalue weighted by Crippen LogP contribution is -2.10. The number of nitrogens with zero attached hydrogens (tertiary/aromatic N) is 1. The molecule has 0 spiro atoms. The lowest BCUT2D eigenvalue weighted by molar-refractivity contribution is 0.590. The molecule has 0 aliphatic carbocycles. The Morgan fingerprint density at radius 1 is 0.739 bits per heavy atom. The van der Waals surface area contributed by atoms with Crippen molar-refractivity contribution in [3.8, 4) is 22.4 Å². The van der Waals surface area contributed by atoms with E-state index in [4.69, 9.17) is 0 Å². The first-order chi connectivity index (χ1) is 10.9. The molecule has 0 bridgehead atoms. The van der Waals surface area contributed by atoms with Crippen LogP contribution in [0, 0.1) is 6.92 Å². The Morgan fingerprint density at radius 2 is 1.39 bits per heavy atom. The zero-order chi connectivity index (χ0) is 16.4. The zero-order valence-corrected chi connectivity index (χ0v) is 14.3. The van der Waals surface area contributed by atoms with Crippen LogP contribution in [0.25, 0.3) is 22.4 Å². The first kappa shape index (κ1) is 15.5. The van der Waals surface area contributed by atoms with Crippen LogP contribution in [0.4, 0.5) is 0 Å². The van der Waals surface area contributed by atoms with Crippen LogP contribution >= 0.6 is 0 Å². The molecule has 1 heterocycles. The maximum atomic E-state index is 4.50. The van der Waals surface area contributed by atoms with Crippen molar-refractivity contribution in [1.29, 1.82) is 0 Å². The topological polar surface area (TPSA) is 12.9 Å². The van der Waals surface area contributed by atoms with Crippen LogP contribution in [0.2, 0.25) is 0 Å². The molecular formula is C22H23N. The van der Waals surface area contributed by atoms with Gasteiger partial charge < -0.3 is 0 Å². The molecule has 3 aromatic rings. The minimum absolute atomic E-state index is 0.158. The van der Waals surface area contributed by atoms with Gasteiger partial charge in [-0.25, -0.2) is 0 Å². The summed E-state index contributed by atoms with van der Waals surface area (Å²) in [6.45, 7) is 8.85. The fourth-order valence-corrected chi connectivity index (χ4v) is 2.72. The van der Waals surface area contributed by atoms with Gasteiger partial charge in [0.2, 0.25) is 0 Å². The molecule has 0 atom stereocenters. The molecule has 0 unspecified atom stereocenters. The number of aromatic nitrogens is 1. The molecule has 0 aliphatic heterocycles. The van der Waals surface area contributed by atoms with Gasteiger partial charge in [0, 0.05) is 11.8 Å². The first-order valence-electron chi connectivity index (χ1n) is 8.07. The van der Waals surface area contributed by atoms with Crippen molar-refractivity contribution < 1.29 is 0 Å². The maximum absolute atomic E-state index is 4.50. The highest BCUT2D eigenvalue weighted by atomic mass is 14.7. The Balaban J connectivity index is 2.04. The van der Waals surface area contributed by atoms with Crippen LogP contribution in [-0.2, 0) is 5.41 Å². The Kier molecular flexibility index (Phi) is 4.04. The van der Waals surface area contributed by atoms with Crippen molar-refractivity contribution >= 4 is 0 Å². The summed E-state index contributed by atoms with van der Waals surface area (Å²) in [7, 11) is 0. The van der Waals surface area contributed by atoms with E-state index in [0.717, 1.165) is 11.3 Å². The van der Waals surface area contributed by atoms with E-state index in [9.17, 15) is 0 Å². The molecule has 23 heavy (non-hydrogen) atoms. The molecule has 1 aromatic heterocycles. The highest BCUT2D eigenvalue weighted by Gasteiger charge is 2.14. The molecule has 0 N–H and O–H groups in total. The van der Waals surface area contributed by atoms with Crippen LogP contribution in [0.5, 0.6) is 0 Å². The van der Waals surface area contributed by atoms with Gasteiger partial charge in [0.25, 0.3) is 0 Å². The average molecular weight is 301 g/mol. The predicted molar refractivity (Wildman–Crippen MR) is 98.5 cm³/mol. The summed E-state index contributed by atoms with van der Waals surface area (Å²) in [6.07, 6.45) is 1.87. The first-order valence-corrected chi connectivity index (χ1v) is 8.07. The highest BCUT2D eigenvalue weighted by Crippen LogP contribution is 2.29. The van der Waals surface area contributed by atoms with Crippen molar-refractivity contribution in [2.75, 3.05) is 0 Å². The van der Waals surface area contributed by atoms with Gasteiger partial charge >= 0.3 is 0 Å². The summed E-state index contributed by atoms with van der Waals surface area (Å²) < 4.78 is 0. The lowest BCUT2D eigenvalue weighted by Gasteiger charge is -2.20. The normalized spacial score (nSPS) is 11.5. The van der Waals surface area contributed by atoms with Gasteiger partial charge in [0.1, 0.15) is 0 Å². The molecule has 3 rings (SSSR count). The Morgan fingerprint density at radius 3 is 2.09 bits per heavy atom. The smallest absolute Gasteiger partial charge is 0.0704 e. The number of rotatable bonds is 2. The standard InChI is InChI=1S/C22H23N/c1-16-11-12-23-21(13-16)19-9-5-7-17(14-19)18-8-6-10-20(15-18)22(2,3)4/h5-15H,1-4H3. The monoisotopic (exact) mass is 301 g/mol. The Hall–Kier alpha value is -2.41. The van der Waals surface area contributed by atoms with Gasteiger partial charge in [-0.15, -0.1) is 0 Å². The number of hydrogen-bond acceptors (Lipinski definition) is 1. The largest absolute Gasteiger partial charge is 0.256 e. The van der Waals surface area contributed by atoms with Crippen molar-refractivity contribution in [2.24, 2.45) is 0 Å². The molecule has 1 heteroatoms. The van der Waals surface area contributed by atoms with Gasteiger partial charge in [-0.2, -0.15) is 0 Å². The third-order valence-electron chi connectivity index (χ3n) is 4.14. The molecule has 116 valence electrons. The van der Waals surface area contributed by atoms with E-state index in [1.807, 2.05) is 12.3 Å². The molecule has 0 saturated carbocycles. The molecule has 0 fully saturated rings. The van der Waals surface area contributed by atoms with E-state index in [1.165, 1.54) is 22.3 Å². The molecule has 2 aromatic carbocycles. The van der Waals surface area contributed by atoms with E-state index < -0.39 is 0 Å². The summed E-state index contributed by atoms with van der Waals surface area (Å²) in [5.74, 6) is 0. The maximum Gasteiger partial charge on any atom is 0.0704 e. The molecule has 0 aliphatic rings. The average Bonchev–Trinajstić information content (AvgIpc) is 2.54. The Bertz CT molecular complexity index is 825. The van der Waals surface area contributed by atoms with E-state index in [2.05, 4.69) is 87.3 Å². The SMILES string of the molecule is Cc1ccnc(-c2cccc(-c3cccc(C(C)(C)C)c3)c2)c1. The van der Waals surface area contributed by atoms with Crippen molar-refractivity contribution in [2.45, 2.75) is 33.1 Å². The van der Waals surface area contributed by atoms with Gasteiger partial charge in [0.15, 0.2) is 0 Å². The molecule has 0 amide bonds. The Labute approximate surface area is 139 Å². The molecule has 0 radical (unpaired) electrons. The number of aryl methyl sites for hydroxylation is 1. The van der Waals surface area contributed by atoms with Gasteiger partial charge in [-0.05, 0) is 52.8 Å². The number of hydrogen-bond donors (Lipinski definition) is 0. The summed E-state index contributed by atoms with van der Waals surface area (Å²) >= 11 is 0. The fraction of sp³-hybridized carbons (Fsp3) is 0.227. The van der Waals surface area contributed by atoms with E-state index in [-0.39, 0.29) is 5.41 Å². The van der Waals surface area contributed by atoms with E-state index in [0.29, 0.717) is 0 Å². The van der Waals surface area contributed by atoms with Crippen molar-refractivity contribution in [3.63, 3.8) is 0 Å². The van der Waals surface area contributed by atoms with Crippen LogP contribution < -0.4 is 0 Å². The van der Waals surface area contributed by atoms with Crippen LogP contribution in [0.1, 0.15) is 31.9 Å². The minimum Gasteiger partial charge on any atom is -0.256 e. The van der Waals surface area contributed by atoms with E-state index in [1.54, 1.807) is 0 Å². The van der Waals surface area contributed by atoms with Crippen molar-refractivity contribution in [3.05, 3.63) is 78.0 Å². The second-order valence-corrected chi connectivity index (χ2v) is 7.13. The highest BCUT2D eigenvalue weighted by molar-refractivity contribution is 5.72. The van der Waals surface area contributed by atoms with Gasteiger partial charge in [0.05, 0.1) is 5.69 Å². The van der Waals surface area contributed by atoms with E-state index >= 15 is 0 Å². The van der Waals surface area contributed by atoms with Gasteiger partial charge in [-0.1, -0.05) is 63.2 Å². The molecular weight excluding hydrogens is 278 g/mol. The lowest BCUT2D eigenvalue weighted by atomic mass is 9.85. The second kappa shape index (κ2) is 6.00. The van der Waals surface area contributed by atoms with Crippen LogP contribution in [-0.4, -0.2) is 4.98 Å².